The second-order valence-electron chi connectivity index (χ2n) is 4.26. The van der Waals surface area contributed by atoms with Gasteiger partial charge in [-0.1, -0.05) is 19.1 Å². The van der Waals surface area contributed by atoms with Crippen molar-refractivity contribution >= 4 is 23.7 Å². The van der Waals surface area contributed by atoms with E-state index in [1.807, 2.05) is 18.2 Å². The van der Waals surface area contributed by atoms with Crippen LogP contribution in [0.15, 0.2) is 29.2 Å². The molecule has 0 aliphatic rings. The molecule has 0 aromatic heterocycles. The van der Waals surface area contributed by atoms with E-state index in [-0.39, 0.29) is 11.2 Å². The van der Waals surface area contributed by atoms with Gasteiger partial charge in [-0.05, 0) is 31.2 Å². The van der Waals surface area contributed by atoms with Crippen molar-refractivity contribution < 1.29 is 9.59 Å². The van der Waals surface area contributed by atoms with Gasteiger partial charge < -0.3 is 10.6 Å². The van der Waals surface area contributed by atoms with Crippen LogP contribution < -0.4 is 16.0 Å². The molecule has 0 aliphatic heterocycles. The van der Waals surface area contributed by atoms with Crippen molar-refractivity contribution in [2.24, 2.45) is 0 Å². The zero-order valence-corrected chi connectivity index (χ0v) is 12.8. The average molecular weight is 295 g/mol. The Morgan fingerprint density at radius 3 is 2.75 bits per heavy atom. The van der Waals surface area contributed by atoms with Crippen LogP contribution in [0.2, 0.25) is 0 Å². The van der Waals surface area contributed by atoms with E-state index in [4.69, 9.17) is 0 Å². The minimum atomic E-state index is -0.483. The molecule has 0 fully saturated rings. The summed E-state index contributed by atoms with van der Waals surface area (Å²) in [5.74, 6) is -0.300. The third-order valence-electron chi connectivity index (χ3n) is 2.62. The summed E-state index contributed by atoms with van der Waals surface area (Å²) in [5, 5.41) is 7.56. The predicted molar refractivity (Wildman–Crippen MR) is 81.7 cm³/mol. The van der Waals surface area contributed by atoms with E-state index < -0.39 is 6.03 Å². The number of amides is 3. The minimum Gasteiger partial charge on any atom is -0.341 e. The van der Waals surface area contributed by atoms with Gasteiger partial charge in [-0.15, -0.1) is 11.8 Å². The number of hydrogen-bond donors (Lipinski definition) is 3. The van der Waals surface area contributed by atoms with E-state index in [2.05, 4.69) is 28.9 Å². The van der Waals surface area contributed by atoms with Crippen molar-refractivity contribution in [3.8, 4) is 0 Å². The second-order valence-corrected chi connectivity index (χ2v) is 5.67. The van der Waals surface area contributed by atoms with Gasteiger partial charge in [0.05, 0.1) is 5.25 Å². The molecule has 1 aromatic rings. The summed E-state index contributed by atoms with van der Waals surface area (Å²) in [5.41, 5.74) is 1.18. The first kappa shape index (κ1) is 16.5. The second kappa shape index (κ2) is 8.60. The van der Waals surface area contributed by atoms with Crippen LogP contribution in [0.4, 0.5) is 4.79 Å². The number of benzene rings is 1. The summed E-state index contributed by atoms with van der Waals surface area (Å²) in [6.07, 6.45) is 0. The first-order chi connectivity index (χ1) is 9.56. The molecule has 0 heterocycles. The van der Waals surface area contributed by atoms with Gasteiger partial charge in [0.1, 0.15) is 0 Å². The van der Waals surface area contributed by atoms with Crippen LogP contribution in [0.5, 0.6) is 0 Å². The first-order valence-corrected chi connectivity index (χ1v) is 7.43. The first-order valence-electron chi connectivity index (χ1n) is 6.55. The number of imide groups is 1. The summed E-state index contributed by atoms with van der Waals surface area (Å²) in [4.78, 5) is 23.9. The molecule has 0 radical (unpaired) electrons. The summed E-state index contributed by atoms with van der Waals surface area (Å²) in [7, 11) is 1.48. The molecule has 0 saturated heterocycles. The van der Waals surface area contributed by atoms with Crippen LogP contribution in [0, 0.1) is 0 Å². The fraction of sp³-hybridized carbons (Fsp3) is 0.429. The van der Waals surface area contributed by atoms with Crippen molar-refractivity contribution in [1.82, 2.24) is 16.0 Å². The predicted octanol–water partition coefficient (Wildman–Crippen LogP) is 1.73. The van der Waals surface area contributed by atoms with Gasteiger partial charge in [-0.25, -0.2) is 4.79 Å². The highest BCUT2D eigenvalue weighted by atomic mass is 32.2. The number of rotatable bonds is 6. The minimum absolute atomic E-state index is 0.300. The lowest BCUT2D eigenvalue weighted by Gasteiger charge is -2.12. The van der Waals surface area contributed by atoms with Gasteiger partial charge in [0, 0.05) is 18.5 Å². The van der Waals surface area contributed by atoms with Gasteiger partial charge in [-0.2, -0.15) is 0 Å². The number of nitrogens with one attached hydrogen (secondary N) is 3. The molecule has 1 unspecified atom stereocenters. The fourth-order valence-corrected chi connectivity index (χ4v) is 2.48. The van der Waals surface area contributed by atoms with E-state index in [1.54, 1.807) is 6.92 Å². The Morgan fingerprint density at radius 1 is 1.35 bits per heavy atom. The zero-order chi connectivity index (χ0) is 15.0. The Kier molecular flexibility index (Phi) is 7.11. The molecule has 1 rings (SSSR count). The van der Waals surface area contributed by atoms with E-state index >= 15 is 0 Å². The highest BCUT2D eigenvalue weighted by Crippen LogP contribution is 2.24. The van der Waals surface area contributed by atoms with Gasteiger partial charge >= 0.3 is 6.03 Å². The van der Waals surface area contributed by atoms with Gasteiger partial charge in [0.25, 0.3) is 0 Å². The monoisotopic (exact) mass is 295 g/mol. The van der Waals surface area contributed by atoms with Crippen molar-refractivity contribution in [3.63, 3.8) is 0 Å². The van der Waals surface area contributed by atoms with Crippen LogP contribution in [-0.4, -0.2) is 30.8 Å². The zero-order valence-electron chi connectivity index (χ0n) is 12.0. The Morgan fingerprint density at radius 2 is 2.10 bits per heavy atom. The molecule has 110 valence electrons. The number of hydrogen-bond acceptors (Lipinski definition) is 4. The maximum absolute atomic E-state index is 11.8. The number of urea groups is 1. The average Bonchev–Trinajstić information content (AvgIpc) is 2.45. The lowest BCUT2D eigenvalue weighted by atomic mass is 10.2. The van der Waals surface area contributed by atoms with Crippen molar-refractivity contribution in [1.29, 1.82) is 0 Å². The fourth-order valence-electron chi connectivity index (χ4n) is 1.53. The molecular weight excluding hydrogens is 274 g/mol. The molecule has 1 atom stereocenters. The van der Waals surface area contributed by atoms with E-state index in [1.165, 1.54) is 24.4 Å². The van der Waals surface area contributed by atoms with Crippen LogP contribution >= 0.6 is 11.8 Å². The largest absolute Gasteiger partial charge is 0.341 e. The van der Waals surface area contributed by atoms with Gasteiger partial charge in [0.2, 0.25) is 5.91 Å². The number of thioether (sulfide) groups is 1. The highest BCUT2D eigenvalue weighted by molar-refractivity contribution is 8.00. The Hall–Kier alpha value is -1.53. The van der Waals surface area contributed by atoms with Crippen LogP contribution in [-0.2, 0) is 11.3 Å². The summed E-state index contributed by atoms with van der Waals surface area (Å²) in [6, 6.07) is 7.55. The third kappa shape index (κ3) is 5.63. The van der Waals surface area contributed by atoms with E-state index in [0.29, 0.717) is 0 Å². The molecule has 6 heteroatoms. The number of carbonyl (C=O) groups excluding carboxylic acids is 2. The molecule has 0 bridgehead atoms. The smallest absolute Gasteiger partial charge is 0.321 e. The summed E-state index contributed by atoms with van der Waals surface area (Å²) >= 11 is 1.43. The van der Waals surface area contributed by atoms with Crippen LogP contribution in [0.1, 0.15) is 19.4 Å². The van der Waals surface area contributed by atoms with Crippen molar-refractivity contribution in [2.45, 2.75) is 30.5 Å². The lowest BCUT2D eigenvalue weighted by molar-refractivity contribution is -0.119. The SMILES string of the molecule is CCNCc1cccc(SC(C)C(=O)NC(=O)NC)c1. The van der Waals surface area contributed by atoms with E-state index in [0.717, 1.165) is 18.0 Å². The Balaban J connectivity index is 2.58. The molecule has 3 N–H and O–H groups in total. The molecule has 3 amide bonds. The topological polar surface area (TPSA) is 70.2 Å². The quantitative estimate of drug-likeness (QED) is 0.699. The molecule has 0 spiro atoms. The maximum atomic E-state index is 11.8. The summed E-state index contributed by atoms with van der Waals surface area (Å²) < 4.78 is 0. The third-order valence-corrected chi connectivity index (χ3v) is 3.72. The van der Waals surface area contributed by atoms with Gasteiger partial charge in [-0.3, -0.25) is 10.1 Å². The van der Waals surface area contributed by atoms with Crippen LogP contribution in [0.3, 0.4) is 0 Å². The van der Waals surface area contributed by atoms with Gasteiger partial charge in [0.15, 0.2) is 0 Å². The van der Waals surface area contributed by atoms with Crippen molar-refractivity contribution in [2.75, 3.05) is 13.6 Å². The number of carbonyl (C=O) groups is 2. The molecule has 1 aromatic carbocycles. The van der Waals surface area contributed by atoms with E-state index in [9.17, 15) is 9.59 Å². The normalized spacial score (nSPS) is 11.8. The Labute approximate surface area is 123 Å². The Bertz CT molecular complexity index is 465. The highest BCUT2D eigenvalue weighted by Gasteiger charge is 2.16. The molecular formula is C14H21N3O2S. The molecule has 0 aliphatic carbocycles. The molecule has 20 heavy (non-hydrogen) atoms. The molecule has 5 nitrogen and oxygen atoms in total. The standard InChI is InChI=1S/C14H21N3O2S/c1-4-16-9-11-6-5-7-12(8-11)20-10(2)13(18)17-14(19)15-3/h5-8,10,16H,4,9H2,1-3H3,(H2,15,17,18,19). The van der Waals surface area contributed by atoms with Crippen LogP contribution in [0.25, 0.3) is 0 Å². The summed E-state index contributed by atoms with van der Waals surface area (Å²) in [6.45, 7) is 5.57. The lowest BCUT2D eigenvalue weighted by Crippen LogP contribution is -2.41. The molecule has 0 saturated carbocycles. The maximum Gasteiger partial charge on any atom is 0.321 e. The van der Waals surface area contributed by atoms with Crippen molar-refractivity contribution in [3.05, 3.63) is 29.8 Å².